The van der Waals surface area contributed by atoms with E-state index in [1.165, 1.54) is 0 Å². The lowest BCUT2D eigenvalue weighted by molar-refractivity contribution is 0.143. The smallest absolute Gasteiger partial charge is 0.213 e. The third kappa shape index (κ3) is 4.98. The maximum Gasteiger partial charge on any atom is 0.213 e. The fraction of sp³-hybridized carbons (Fsp3) is 1.00. The van der Waals surface area contributed by atoms with E-state index in [1.807, 2.05) is 0 Å². The van der Waals surface area contributed by atoms with Gasteiger partial charge in [-0.2, -0.15) is 0 Å². The molecule has 2 fully saturated rings. The zero-order valence-electron chi connectivity index (χ0n) is 12.8. The molecule has 0 saturated carbocycles. The molecular formula is C14H29N3O2S. The Balaban J connectivity index is 1.79. The van der Waals surface area contributed by atoms with E-state index in [4.69, 9.17) is 0 Å². The molecule has 6 heteroatoms. The molecule has 0 amide bonds. The molecule has 0 bridgehead atoms. The predicted molar refractivity (Wildman–Crippen MR) is 82.3 cm³/mol. The highest BCUT2D eigenvalue weighted by Gasteiger charge is 2.30. The summed E-state index contributed by atoms with van der Waals surface area (Å²) in [6, 6.07) is 0.131. The predicted octanol–water partition coefficient (Wildman–Crippen LogP) is 0.780. The molecule has 2 aliphatic heterocycles. The zero-order valence-corrected chi connectivity index (χ0v) is 13.6. The van der Waals surface area contributed by atoms with Crippen molar-refractivity contribution in [3.05, 3.63) is 0 Å². The molecule has 0 radical (unpaired) electrons. The van der Waals surface area contributed by atoms with Crippen LogP contribution in [0.25, 0.3) is 0 Å². The maximum atomic E-state index is 12.2. The first-order valence-corrected chi connectivity index (χ1v) is 9.43. The van der Waals surface area contributed by atoms with Crippen molar-refractivity contribution >= 4 is 10.0 Å². The lowest BCUT2D eigenvalue weighted by Crippen LogP contribution is -2.47. The van der Waals surface area contributed by atoms with Gasteiger partial charge < -0.3 is 10.2 Å². The Labute approximate surface area is 123 Å². The Hall–Kier alpha value is -0.170. The minimum Gasteiger partial charge on any atom is -0.313 e. The molecule has 118 valence electrons. The lowest BCUT2D eigenvalue weighted by atomic mass is 9.81. The molecular weight excluding hydrogens is 274 g/mol. The van der Waals surface area contributed by atoms with Crippen LogP contribution >= 0.6 is 0 Å². The Bertz CT molecular complexity index is 397. The van der Waals surface area contributed by atoms with E-state index in [1.54, 1.807) is 0 Å². The van der Waals surface area contributed by atoms with Gasteiger partial charge in [-0.3, -0.25) is 0 Å². The second-order valence-electron chi connectivity index (χ2n) is 6.86. The van der Waals surface area contributed by atoms with Crippen LogP contribution in [-0.4, -0.2) is 58.3 Å². The Morgan fingerprint density at radius 3 is 2.60 bits per heavy atom. The Morgan fingerprint density at radius 1 is 1.30 bits per heavy atom. The van der Waals surface area contributed by atoms with E-state index in [0.717, 1.165) is 51.7 Å². The number of hydrogen-bond acceptors (Lipinski definition) is 4. The summed E-state index contributed by atoms with van der Waals surface area (Å²) in [5, 5.41) is 3.30. The van der Waals surface area contributed by atoms with Gasteiger partial charge in [-0.15, -0.1) is 0 Å². The van der Waals surface area contributed by atoms with Crippen LogP contribution in [0.5, 0.6) is 0 Å². The van der Waals surface area contributed by atoms with E-state index < -0.39 is 10.0 Å². The molecule has 1 unspecified atom stereocenters. The average molecular weight is 303 g/mol. The summed E-state index contributed by atoms with van der Waals surface area (Å²) in [6.07, 6.45) is 5.40. The van der Waals surface area contributed by atoms with E-state index in [9.17, 15) is 8.42 Å². The third-order valence-electron chi connectivity index (χ3n) is 4.75. The average Bonchev–Trinajstić information content (AvgIpc) is 2.41. The highest BCUT2D eigenvalue weighted by atomic mass is 32.2. The second kappa shape index (κ2) is 6.73. The van der Waals surface area contributed by atoms with Crippen molar-refractivity contribution in [2.24, 2.45) is 5.41 Å². The number of hydrogen-bond donors (Lipinski definition) is 2. The van der Waals surface area contributed by atoms with Crippen LogP contribution in [0.1, 0.15) is 39.0 Å². The summed E-state index contributed by atoms with van der Waals surface area (Å²) in [7, 11) is -1.03. The fourth-order valence-corrected chi connectivity index (χ4v) is 4.51. The first-order valence-electron chi connectivity index (χ1n) is 7.78. The maximum absolute atomic E-state index is 12.2. The number of piperidine rings is 2. The molecule has 2 saturated heterocycles. The molecule has 0 spiro atoms. The molecule has 2 aliphatic rings. The molecule has 0 aromatic rings. The van der Waals surface area contributed by atoms with Crippen molar-refractivity contribution in [2.75, 3.05) is 39.0 Å². The van der Waals surface area contributed by atoms with Crippen molar-refractivity contribution < 1.29 is 8.42 Å². The summed E-state index contributed by atoms with van der Waals surface area (Å²) in [4.78, 5) is 2.31. The number of sulfonamides is 1. The van der Waals surface area contributed by atoms with Gasteiger partial charge in [0, 0.05) is 12.6 Å². The van der Waals surface area contributed by atoms with Crippen LogP contribution in [-0.2, 0) is 10.0 Å². The van der Waals surface area contributed by atoms with Crippen molar-refractivity contribution in [3.63, 3.8) is 0 Å². The minimum atomic E-state index is -3.16. The number of likely N-dealkylation sites (tertiary alicyclic amines) is 1. The molecule has 2 heterocycles. The SMILES string of the molecule is CN1CCC(C)(CNS(=O)(=O)CC2CCCCN2)CC1. The monoisotopic (exact) mass is 303 g/mol. The summed E-state index contributed by atoms with van der Waals surface area (Å²) in [6.45, 7) is 5.84. The van der Waals surface area contributed by atoms with Crippen LogP contribution in [0.2, 0.25) is 0 Å². The highest BCUT2D eigenvalue weighted by molar-refractivity contribution is 7.89. The number of rotatable bonds is 5. The first kappa shape index (κ1) is 16.2. The molecule has 5 nitrogen and oxygen atoms in total. The van der Waals surface area contributed by atoms with Crippen LogP contribution in [0, 0.1) is 5.41 Å². The third-order valence-corrected chi connectivity index (χ3v) is 6.17. The van der Waals surface area contributed by atoms with Gasteiger partial charge in [0.05, 0.1) is 5.75 Å². The largest absolute Gasteiger partial charge is 0.313 e. The zero-order chi connectivity index (χ0) is 14.6. The van der Waals surface area contributed by atoms with Crippen LogP contribution < -0.4 is 10.0 Å². The van der Waals surface area contributed by atoms with E-state index in [2.05, 4.69) is 28.9 Å². The molecule has 0 aliphatic carbocycles. The lowest BCUT2D eigenvalue weighted by Gasteiger charge is -2.38. The number of nitrogens with zero attached hydrogens (tertiary/aromatic N) is 1. The molecule has 1 atom stereocenters. The van der Waals surface area contributed by atoms with Crippen molar-refractivity contribution in [3.8, 4) is 0 Å². The molecule has 0 aromatic carbocycles. The van der Waals surface area contributed by atoms with E-state index in [0.29, 0.717) is 6.54 Å². The van der Waals surface area contributed by atoms with Crippen LogP contribution in [0.4, 0.5) is 0 Å². The van der Waals surface area contributed by atoms with Gasteiger partial charge in [0.25, 0.3) is 0 Å². The van der Waals surface area contributed by atoms with Gasteiger partial charge >= 0.3 is 0 Å². The normalized spacial score (nSPS) is 28.4. The first-order chi connectivity index (χ1) is 9.39. The van der Waals surface area contributed by atoms with Gasteiger partial charge in [0.2, 0.25) is 10.0 Å². The van der Waals surface area contributed by atoms with Crippen molar-refractivity contribution in [2.45, 2.75) is 45.1 Å². The fourth-order valence-electron chi connectivity index (χ4n) is 3.01. The molecule has 2 N–H and O–H groups in total. The van der Waals surface area contributed by atoms with Crippen molar-refractivity contribution in [1.29, 1.82) is 0 Å². The Kier molecular flexibility index (Phi) is 5.45. The molecule has 0 aromatic heterocycles. The van der Waals surface area contributed by atoms with Gasteiger partial charge in [0.15, 0.2) is 0 Å². The summed E-state index contributed by atoms with van der Waals surface area (Å²) in [5.74, 6) is 0.225. The second-order valence-corrected chi connectivity index (χ2v) is 8.71. The van der Waals surface area contributed by atoms with E-state index in [-0.39, 0.29) is 17.2 Å². The Morgan fingerprint density at radius 2 is 2.00 bits per heavy atom. The standard InChI is InChI=1S/C14H29N3O2S/c1-14(6-9-17(2)10-7-14)12-16-20(18,19)11-13-5-3-4-8-15-13/h13,15-16H,3-12H2,1-2H3. The van der Waals surface area contributed by atoms with Gasteiger partial charge in [-0.1, -0.05) is 13.3 Å². The molecule has 2 rings (SSSR count). The summed E-state index contributed by atoms with van der Waals surface area (Å²) < 4.78 is 27.2. The topological polar surface area (TPSA) is 61.4 Å². The van der Waals surface area contributed by atoms with Crippen LogP contribution in [0.15, 0.2) is 0 Å². The van der Waals surface area contributed by atoms with E-state index >= 15 is 0 Å². The summed E-state index contributed by atoms with van der Waals surface area (Å²) in [5.41, 5.74) is 0.111. The highest BCUT2D eigenvalue weighted by Crippen LogP contribution is 2.29. The van der Waals surface area contributed by atoms with Crippen molar-refractivity contribution in [1.82, 2.24) is 14.9 Å². The summed E-state index contributed by atoms with van der Waals surface area (Å²) >= 11 is 0. The number of nitrogens with one attached hydrogen (secondary N) is 2. The quantitative estimate of drug-likeness (QED) is 0.788. The minimum absolute atomic E-state index is 0.111. The van der Waals surface area contributed by atoms with Gasteiger partial charge in [-0.05, 0) is 57.8 Å². The molecule has 20 heavy (non-hydrogen) atoms. The van der Waals surface area contributed by atoms with Gasteiger partial charge in [0.1, 0.15) is 0 Å². The van der Waals surface area contributed by atoms with Gasteiger partial charge in [-0.25, -0.2) is 13.1 Å². The van der Waals surface area contributed by atoms with Crippen LogP contribution in [0.3, 0.4) is 0 Å².